The highest BCUT2D eigenvalue weighted by Crippen LogP contribution is 2.26. The molecule has 100 valence electrons. The largest absolute Gasteiger partial charge is 0.313 e. The first-order valence-electron chi connectivity index (χ1n) is 7.28. The van der Waals surface area contributed by atoms with Crippen LogP contribution in [-0.2, 0) is 0 Å². The van der Waals surface area contributed by atoms with Crippen molar-refractivity contribution in [3.05, 3.63) is 12.7 Å². The molecule has 17 heavy (non-hydrogen) atoms. The maximum absolute atomic E-state index is 3.75. The van der Waals surface area contributed by atoms with E-state index in [-0.39, 0.29) is 0 Å². The maximum Gasteiger partial charge on any atom is 0.0111 e. The summed E-state index contributed by atoms with van der Waals surface area (Å²) in [6, 6.07) is 0.793. The molecule has 0 bridgehead atoms. The summed E-state index contributed by atoms with van der Waals surface area (Å²) in [5.74, 6) is 3.33. The molecule has 1 aliphatic rings. The highest BCUT2D eigenvalue weighted by Gasteiger charge is 2.17. The van der Waals surface area contributed by atoms with Crippen LogP contribution < -0.4 is 5.32 Å². The fourth-order valence-electron chi connectivity index (χ4n) is 2.78. The molecule has 0 spiro atoms. The molecule has 0 aromatic carbocycles. The van der Waals surface area contributed by atoms with Gasteiger partial charge in [0.2, 0.25) is 0 Å². The van der Waals surface area contributed by atoms with Crippen LogP contribution in [0.5, 0.6) is 0 Å². The fraction of sp³-hybridized carbons (Fsp3) is 0.867. The van der Waals surface area contributed by atoms with Gasteiger partial charge in [-0.25, -0.2) is 0 Å². The van der Waals surface area contributed by atoms with Crippen molar-refractivity contribution < 1.29 is 0 Å². The predicted octanol–water partition coefficient (Wildman–Crippen LogP) is 4.24. The first kappa shape index (κ1) is 15.1. The number of thioether (sulfide) groups is 1. The number of nitrogens with one attached hydrogen (secondary N) is 1. The molecule has 0 aliphatic heterocycles. The molecule has 1 aliphatic carbocycles. The van der Waals surface area contributed by atoms with Crippen LogP contribution in [0.4, 0.5) is 0 Å². The minimum atomic E-state index is 0.793. The predicted molar refractivity (Wildman–Crippen MR) is 80.8 cm³/mol. The summed E-state index contributed by atoms with van der Waals surface area (Å²) < 4.78 is 0. The van der Waals surface area contributed by atoms with Crippen LogP contribution in [0.15, 0.2) is 12.7 Å². The van der Waals surface area contributed by atoms with Gasteiger partial charge in [-0.05, 0) is 25.2 Å². The molecule has 0 aromatic rings. The minimum Gasteiger partial charge on any atom is -0.313 e. The Kier molecular flexibility index (Phi) is 8.90. The Labute approximate surface area is 112 Å². The summed E-state index contributed by atoms with van der Waals surface area (Å²) in [5.41, 5.74) is 0. The van der Waals surface area contributed by atoms with Crippen molar-refractivity contribution in [2.75, 3.05) is 18.1 Å². The molecule has 1 nitrogen and oxygen atoms in total. The Morgan fingerprint density at radius 3 is 2.94 bits per heavy atom. The number of rotatable bonds is 8. The molecule has 0 radical (unpaired) electrons. The van der Waals surface area contributed by atoms with E-state index < -0.39 is 0 Å². The molecule has 0 saturated heterocycles. The Bertz CT molecular complexity index is 193. The standard InChI is InChI=1S/C15H29NS/c1-3-6-14-7-5-8-15(10-9-14)16-11-13-17-12-4-2/h4,14-16H,2-3,5-13H2,1H3. The lowest BCUT2D eigenvalue weighted by molar-refractivity contribution is 0.412. The quantitative estimate of drug-likeness (QED) is 0.395. The first-order chi connectivity index (χ1) is 8.36. The van der Waals surface area contributed by atoms with Gasteiger partial charge in [-0.15, -0.1) is 6.58 Å². The summed E-state index contributed by atoms with van der Waals surface area (Å²) in [5, 5.41) is 3.73. The van der Waals surface area contributed by atoms with E-state index in [1.807, 2.05) is 17.8 Å². The van der Waals surface area contributed by atoms with Gasteiger partial charge in [-0.2, -0.15) is 11.8 Å². The Balaban J connectivity index is 2.07. The summed E-state index contributed by atoms with van der Waals surface area (Å²) in [4.78, 5) is 0. The summed E-state index contributed by atoms with van der Waals surface area (Å²) in [6.07, 6.45) is 11.9. The molecule has 0 amide bonds. The van der Waals surface area contributed by atoms with Crippen LogP contribution in [-0.4, -0.2) is 24.1 Å². The van der Waals surface area contributed by atoms with Crippen molar-refractivity contribution in [1.82, 2.24) is 5.32 Å². The summed E-state index contributed by atoms with van der Waals surface area (Å²) in [7, 11) is 0. The second-order valence-corrected chi connectivity index (χ2v) is 6.33. The van der Waals surface area contributed by atoms with Gasteiger partial charge in [0, 0.05) is 24.1 Å². The average Bonchev–Trinajstić information content (AvgIpc) is 2.55. The third-order valence-corrected chi connectivity index (χ3v) is 4.66. The lowest BCUT2D eigenvalue weighted by atomic mass is 9.95. The van der Waals surface area contributed by atoms with Crippen molar-refractivity contribution in [3.8, 4) is 0 Å². The highest BCUT2D eigenvalue weighted by atomic mass is 32.2. The molecule has 1 saturated carbocycles. The van der Waals surface area contributed by atoms with E-state index in [9.17, 15) is 0 Å². The lowest BCUT2D eigenvalue weighted by Gasteiger charge is -2.16. The van der Waals surface area contributed by atoms with E-state index in [1.165, 1.54) is 57.2 Å². The van der Waals surface area contributed by atoms with Crippen molar-refractivity contribution in [3.63, 3.8) is 0 Å². The average molecular weight is 255 g/mol. The van der Waals surface area contributed by atoms with E-state index in [0.717, 1.165) is 17.7 Å². The summed E-state index contributed by atoms with van der Waals surface area (Å²) >= 11 is 1.98. The molecule has 2 unspecified atom stereocenters. The Hall–Kier alpha value is 0.0500. The van der Waals surface area contributed by atoms with Crippen LogP contribution in [0, 0.1) is 5.92 Å². The monoisotopic (exact) mass is 255 g/mol. The van der Waals surface area contributed by atoms with Gasteiger partial charge in [0.25, 0.3) is 0 Å². The molecule has 1 N–H and O–H groups in total. The number of hydrogen-bond acceptors (Lipinski definition) is 2. The van der Waals surface area contributed by atoms with E-state index in [0.29, 0.717) is 0 Å². The van der Waals surface area contributed by atoms with E-state index >= 15 is 0 Å². The highest BCUT2D eigenvalue weighted by molar-refractivity contribution is 7.99. The van der Waals surface area contributed by atoms with E-state index in [2.05, 4.69) is 18.8 Å². The van der Waals surface area contributed by atoms with Crippen LogP contribution in [0.3, 0.4) is 0 Å². The lowest BCUT2D eigenvalue weighted by Crippen LogP contribution is -2.30. The Morgan fingerprint density at radius 1 is 1.29 bits per heavy atom. The molecular formula is C15H29NS. The first-order valence-corrected chi connectivity index (χ1v) is 8.44. The third-order valence-electron chi connectivity index (χ3n) is 3.70. The van der Waals surface area contributed by atoms with Crippen LogP contribution in [0.25, 0.3) is 0 Å². The van der Waals surface area contributed by atoms with Crippen molar-refractivity contribution in [2.24, 2.45) is 5.92 Å². The summed E-state index contributed by atoms with van der Waals surface area (Å²) in [6.45, 7) is 7.23. The fourth-order valence-corrected chi connectivity index (χ4v) is 3.38. The third kappa shape index (κ3) is 7.15. The zero-order chi connectivity index (χ0) is 12.3. The van der Waals surface area contributed by atoms with Gasteiger partial charge in [-0.3, -0.25) is 0 Å². The SMILES string of the molecule is C=CCSCCNC1CCCC(CCC)CC1. The van der Waals surface area contributed by atoms with Gasteiger partial charge in [0.15, 0.2) is 0 Å². The number of hydrogen-bond donors (Lipinski definition) is 1. The molecule has 2 heteroatoms. The smallest absolute Gasteiger partial charge is 0.0111 e. The van der Waals surface area contributed by atoms with Crippen molar-refractivity contribution in [2.45, 2.75) is 57.9 Å². The van der Waals surface area contributed by atoms with Crippen molar-refractivity contribution in [1.29, 1.82) is 0 Å². The zero-order valence-electron chi connectivity index (χ0n) is 11.4. The molecule has 1 fully saturated rings. The molecule has 1 rings (SSSR count). The molecule has 2 atom stereocenters. The normalized spacial score (nSPS) is 25.5. The van der Waals surface area contributed by atoms with Gasteiger partial charge in [0.05, 0.1) is 0 Å². The molecule has 0 heterocycles. The van der Waals surface area contributed by atoms with Gasteiger partial charge in [-0.1, -0.05) is 38.7 Å². The zero-order valence-corrected chi connectivity index (χ0v) is 12.2. The molecule has 0 aromatic heterocycles. The van der Waals surface area contributed by atoms with Gasteiger partial charge in [0.1, 0.15) is 0 Å². The van der Waals surface area contributed by atoms with Gasteiger partial charge < -0.3 is 5.32 Å². The van der Waals surface area contributed by atoms with Crippen LogP contribution in [0.2, 0.25) is 0 Å². The van der Waals surface area contributed by atoms with Gasteiger partial charge >= 0.3 is 0 Å². The van der Waals surface area contributed by atoms with Crippen LogP contribution >= 0.6 is 11.8 Å². The van der Waals surface area contributed by atoms with Crippen LogP contribution in [0.1, 0.15) is 51.9 Å². The minimum absolute atomic E-state index is 0.793. The second kappa shape index (κ2) is 10.0. The topological polar surface area (TPSA) is 12.0 Å². The molecular weight excluding hydrogens is 226 g/mol. The Morgan fingerprint density at radius 2 is 2.18 bits per heavy atom. The van der Waals surface area contributed by atoms with E-state index in [1.54, 1.807) is 0 Å². The van der Waals surface area contributed by atoms with Crippen molar-refractivity contribution >= 4 is 11.8 Å². The maximum atomic E-state index is 3.75. The van der Waals surface area contributed by atoms with E-state index in [4.69, 9.17) is 0 Å². The second-order valence-electron chi connectivity index (χ2n) is 5.18.